The zero-order valence-corrected chi connectivity index (χ0v) is 21.7. The number of halogens is 5. The van der Waals surface area contributed by atoms with Crippen molar-refractivity contribution in [2.75, 3.05) is 17.6 Å². The van der Waals surface area contributed by atoms with Crippen LogP contribution in [0.25, 0.3) is 6.08 Å². The predicted molar refractivity (Wildman–Crippen MR) is 134 cm³/mol. The average Bonchev–Trinajstić information content (AvgIpc) is 2.83. The summed E-state index contributed by atoms with van der Waals surface area (Å²) in [4.78, 5) is 12.5. The van der Waals surface area contributed by atoms with Crippen molar-refractivity contribution in [2.45, 2.75) is 51.2 Å². The van der Waals surface area contributed by atoms with Crippen molar-refractivity contribution >= 4 is 27.7 Å². The molecule has 1 aliphatic carbocycles. The van der Waals surface area contributed by atoms with Crippen molar-refractivity contribution in [1.82, 2.24) is 5.32 Å². The van der Waals surface area contributed by atoms with E-state index in [9.17, 15) is 35.2 Å². The van der Waals surface area contributed by atoms with Crippen LogP contribution < -0.4 is 14.8 Å². The summed E-state index contributed by atoms with van der Waals surface area (Å²) >= 11 is 0. The Labute approximate surface area is 218 Å². The molecule has 0 aliphatic heterocycles. The molecule has 0 spiro atoms. The molecular formula is C26H29F5N2O4S. The minimum Gasteiger partial charge on any atom is -0.493 e. The van der Waals surface area contributed by atoms with Gasteiger partial charge in [-0.2, -0.15) is 13.2 Å². The lowest BCUT2D eigenvalue weighted by Crippen LogP contribution is -2.25. The molecule has 38 heavy (non-hydrogen) atoms. The van der Waals surface area contributed by atoms with E-state index in [0.29, 0.717) is 0 Å². The highest BCUT2D eigenvalue weighted by molar-refractivity contribution is 7.92. The summed E-state index contributed by atoms with van der Waals surface area (Å²) in [5.41, 5.74) is -1.40. The van der Waals surface area contributed by atoms with Gasteiger partial charge in [0.1, 0.15) is 11.4 Å². The van der Waals surface area contributed by atoms with Crippen LogP contribution in [0.5, 0.6) is 5.75 Å². The van der Waals surface area contributed by atoms with Gasteiger partial charge >= 0.3 is 6.18 Å². The lowest BCUT2D eigenvalue weighted by atomic mass is 9.90. The van der Waals surface area contributed by atoms with Crippen molar-refractivity contribution in [1.29, 1.82) is 0 Å². The molecule has 12 heteroatoms. The summed E-state index contributed by atoms with van der Waals surface area (Å²) in [6.45, 7) is 1.73. The van der Waals surface area contributed by atoms with Crippen LogP contribution in [0, 0.1) is 17.6 Å². The number of hydrogen-bond acceptors (Lipinski definition) is 4. The molecule has 1 saturated carbocycles. The van der Waals surface area contributed by atoms with Gasteiger partial charge in [-0.1, -0.05) is 25.3 Å². The van der Waals surface area contributed by atoms with E-state index in [1.54, 1.807) is 4.72 Å². The Morgan fingerprint density at radius 3 is 2.32 bits per heavy atom. The number of rotatable bonds is 9. The van der Waals surface area contributed by atoms with Crippen LogP contribution in [0.3, 0.4) is 0 Å². The van der Waals surface area contributed by atoms with Crippen molar-refractivity contribution in [3.8, 4) is 5.75 Å². The van der Waals surface area contributed by atoms with Gasteiger partial charge in [0.05, 0.1) is 24.5 Å². The average molecular weight is 561 g/mol. The third-order valence-electron chi connectivity index (χ3n) is 6.17. The zero-order valence-electron chi connectivity index (χ0n) is 20.9. The number of alkyl halides is 3. The summed E-state index contributed by atoms with van der Waals surface area (Å²) in [6.07, 6.45) is 3.68. The zero-order chi connectivity index (χ0) is 28.1. The first-order valence-corrected chi connectivity index (χ1v) is 13.9. The smallest absolute Gasteiger partial charge is 0.416 e. The van der Waals surface area contributed by atoms with Crippen LogP contribution >= 0.6 is 0 Å². The van der Waals surface area contributed by atoms with E-state index in [2.05, 4.69) is 5.32 Å². The third-order valence-corrected chi connectivity index (χ3v) is 6.74. The maximum atomic E-state index is 14.3. The summed E-state index contributed by atoms with van der Waals surface area (Å²) in [6, 6.07) is 3.91. The van der Waals surface area contributed by atoms with Crippen LogP contribution in [-0.4, -0.2) is 27.2 Å². The standard InChI is InChI=1S/C26H29F5N2O4S/c1-16(19-12-21(27)25(22(28)13-19)33-38(2,35)36)32-24(34)11-9-18-8-10-20(26(29,30)31)14-23(18)37-15-17-6-4-3-5-7-17/h8-14,16-17,33H,3-7,15H2,1-2H3,(H,32,34). The van der Waals surface area contributed by atoms with Gasteiger partial charge in [-0.15, -0.1) is 0 Å². The maximum absolute atomic E-state index is 14.3. The third kappa shape index (κ3) is 8.44. The fourth-order valence-corrected chi connectivity index (χ4v) is 4.74. The highest BCUT2D eigenvalue weighted by Crippen LogP contribution is 2.34. The molecule has 1 unspecified atom stereocenters. The second-order valence-electron chi connectivity index (χ2n) is 9.36. The lowest BCUT2D eigenvalue weighted by Gasteiger charge is -2.22. The van der Waals surface area contributed by atoms with Crippen LogP contribution in [0.1, 0.15) is 61.8 Å². The molecule has 1 aliphatic rings. The largest absolute Gasteiger partial charge is 0.493 e. The van der Waals surface area contributed by atoms with E-state index < -0.39 is 51.0 Å². The van der Waals surface area contributed by atoms with Crippen LogP contribution in [0.2, 0.25) is 0 Å². The Balaban J connectivity index is 1.73. The van der Waals surface area contributed by atoms with E-state index in [4.69, 9.17) is 4.74 Å². The van der Waals surface area contributed by atoms with E-state index in [1.165, 1.54) is 19.1 Å². The van der Waals surface area contributed by atoms with Gasteiger partial charge in [0.15, 0.2) is 11.6 Å². The molecule has 1 amide bonds. The quantitative estimate of drug-likeness (QED) is 0.282. The van der Waals surface area contributed by atoms with Crippen molar-refractivity contribution in [3.05, 3.63) is 64.7 Å². The molecule has 0 heterocycles. The van der Waals surface area contributed by atoms with E-state index in [-0.39, 0.29) is 29.4 Å². The molecule has 0 aromatic heterocycles. The minimum atomic E-state index is -4.56. The van der Waals surface area contributed by atoms with Crippen molar-refractivity contribution < 1.29 is 39.9 Å². The second kappa shape index (κ2) is 12.1. The Kier molecular flexibility index (Phi) is 9.40. The first-order valence-electron chi connectivity index (χ1n) is 12.0. The van der Waals surface area contributed by atoms with E-state index in [0.717, 1.165) is 68.7 Å². The number of hydrogen-bond donors (Lipinski definition) is 2. The van der Waals surface area contributed by atoms with Gasteiger partial charge in [-0.3, -0.25) is 9.52 Å². The van der Waals surface area contributed by atoms with E-state index in [1.807, 2.05) is 0 Å². The van der Waals surface area contributed by atoms with Crippen molar-refractivity contribution in [3.63, 3.8) is 0 Å². The summed E-state index contributed by atoms with van der Waals surface area (Å²) in [5, 5.41) is 2.51. The fourth-order valence-electron chi connectivity index (χ4n) is 4.17. The molecule has 2 N–H and O–H groups in total. The monoisotopic (exact) mass is 560 g/mol. The minimum absolute atomic E-state index is 0.000560. The predicted octanol–water partition coefficient (Wildman–Crippen LogP) is 6.20. The van der Waals surface area contributed by atoms with Gasteiger partial charge < -0.3 is 10.1 Å². The molecule has 3 rings (SSSR count). The number of amides is 1. The molecule has 6 nitrogen and oxygen atoms in total. The molecule has 2 aromatic rings. The highest BCUT2D eigenvalue weighted by Gasteiger charge is 2.31. The Morgan fingerprint density at radius 1 is 1.11 bits per heavy atom. The fraction of sp³-hybridized carbons (Fsp3) is 0.423. The molecular weight excluding hydrogens is 531 g/mol. The van der Waals surface area contributed by atoms with Gasteiger partial charge in [-0.25, -0.2) is 17.2 Å². The highest BCUT2D eigenvalue weighted by atomic mass is 32.2. The molecule has 0 bridgehead atoms. The molecule has 1 atom stereocenters. The number of sulfonamides is 1. The number of carbonyl (C=O) groups excluding carboxylic acids is 1. The topological polar surface area (TPSA) is 84.5 Å². The van der Waals surface area contributed by atoms with Gasteiger partial charge in [-0.05, 0) is 61.6 Å². The van der Waals surface area contributed by atoms with Crippen LogP contribution in [0.15, 0.2) is 36.4 Å². The summed E-state index contributed by atoms with van der Waals surface area (Å²) in [5.74, 6) is -2.74. The van der Waals surface area contributed by atoms with Crippen molar-refractivity contribution in [2.24, 2.45) is 5.92 Å². The van der Waals surface area contributed by atoms with Gasteiger partial charge in [0.25, 0.3) is 0 Å². The molecule has 0 saturated heterocycles. The molecule has 1 fully saturated rings. The second-order valence-corrected chi connectivity index (χ2v) is 11.1. The summed E-state index contributed by atoms with van der Waals surface area (Å²) < 4.78 is 98.4. The number of nitrogens with one attached hydrogen (secondary N) is 2. The van der Waals surface area contributed by atoms with Gasteiger partial charge in [0.2, 0.25) is 15.9 Å². The Hall–Kier alpha value is -3.15. The van der Waals surface area contributed by atoms with E-state index >= 15 is 0 Å². The number of carbonyl (C=O) groups is 1. The molecule has 208 valence electrons. The van der Waals surface area contributed by atoms with Crippen LogP contribution in [-0.2, 0) is 21.0 Å². The first kappa shape index (κ1) is 29.4. The van der Waals surface area contributed by atoms with Crippen LogP contribution in [0.4, 0.5) is 27.6 Å². The Morgan fingerprint density at radius 2 is 1.74 bits per heavy atom. The summed E-state index contributed by atoms with van der Waals surface area (Å²) in [7, 11) is -3.91. The SMILES string of the molecule is CC(NC(=O)C=Cc1ccc(C(F)(F)F)cc1OCC1CCCCC1)c1cc(F)c(NS(C)(=O)=O)c(F)c1. The molecule has 0 radical (unpaired) electrons. The number of benzene rings is 2. The first-order chi connectivity index (χ1) is 17.7. The number of ether oxygens (including phenoxy) is 1. The normalized spacial score (nSPS) is 15.9. The number of anilines is 1. The Bertz CT molecular complexity index is 1270. The van der Waals surface area contributed by atoms with Gasteiger partial charge in [0, 0.05) is 11.6 Å². The maximum Gasteiger partial charge on any atom is 0.416 e. The lowest BCUT2D eigenvalue weighted by molar-refractivity contribution is -0.137. The molecule has 2 aromatic carbocycles.